The van der Waals surface area contributed by atoms with Gasteiger partial charge in [-0.1, -0.05) is 24.3 Å². The normalized spacial score (nSPS) is 11.8. The molecule has 1 rings (SSSR count). The van der Waals surface area contributed by atoms with Crippen molar-refractivity contribution < 1.29 is 0 Å². The van der Waals surface area contributed by atoms with Crippen molar-refractivity contribution >= 4 is 11.8 Å². The molecule has 0 radical (unpaired) electrons. The molecule has 0 fully saturated rings. The summed E-state index contributed by atoms with van der Waals surface area (Å²) < 4.78 is 0. The predicted molar refractivity (Wildman–Crippen MR) is 79.7 cm³/mol. The van der Waals surface area contributed by atoms with Crippen LogP contribution in [0.5, 0.6) is 0 Å². The van der Waals surface area contributed by atoms with Gasteiger partial charge in [-0.25, -0.2) is 0 Å². The number of rotatable bonds is 6. The van der Waals surface area contributed by atoms with Crippen LogP contribution in [-0.2, 0) is 5.75 Å². The van der Waals surface area contributed by atoms with E-state index in [1.54, 1.807) is 0 Å². The summed E-state index contributed by atoms with van der Waals surface area (Å²) in [5.74, 6) is 2.37. The van der Waals surface area contributed by atoms with Crippen LogP contribution < -0.4 is 5.32 Å². The largest absolute Gasteiger partial charge is 0.312 e. The van der Waals surface area contributed by atoms with Crippen molar-refractivity contribution in [2.24, 2.45) is 0 Å². The Bertz CT molecular complexity index is 328. The number of nitrogens with one attached hydrogen (secondary N) is 1. The smallest absolute Gasteiger partial charge is 0.0187 e. The molecular weight excluding hydrogens is 226 g/mol. The van der Waals surface area contributed by atoms with Gasteiger partial charge in [0.2, 0.25) is 0 Å². The molecular formula is C15H25NS. The van der Waals surface area contributed by atoms with Crippen LogP contribution >= 0.6 is 11.8 Å². The number of benzene rings is 1. The number of thioether (sulfide) groups is 1. The van der Waals surface area contributed by atoms with Crippen LogP contribution in [-0.4, -0.2) is 17.8 Å². The van der Waals surface area contributed by atoms with E-state index in [1.165, 1.54) is 23.3 Å². The van der Waals surface area contributed by atoms with E-state index in [2.05, 4.69) is 57.3 Å². The average Bonchev–Trinajstić information content (AvgIpc) is 2.24. The van der Waals surface area contributed by atoms with E-state index >= 15 is 0 Å². The highest BCUT2D eigenvalue weighted by molar-refractivity contribution is 7.98. The molecule has 1 N–H and O–H groups in total. The first-order chi connectivity index (χ1) is 7.99. The predicted octanol–water partition coefficient (Wildman–Crippen LogP) is 4.01. The Morgan fingerprint density at radius 2 is 1.88 bits per heavy atom. The van der Waals surface area contributed by atoms with Gasteiger partial charge in [0.1, 0.15) is 0 Å². The highest BCUT2D eigenvalue weighted by Gasteiger charge is 2.06. The lowest BCUT2D eigenvalue weighted by Crippen LogP contribution is -2.36. The van der Waals surface area contributed by atoms with E-state index in [0.29, 0.717) is 0 Å². The molecule has 0 amide bonds. The summed E-state index contributed by atoms with van der Waals surface area (Å²) in [6.45, 7) is 9.95. The topological polar surface area (TPSA) is 12.0 Å². The fourth-order valence-electron chi connectivity index (χ4n) is 1.59. The van der Waals surface area contributed by atoms with Crippen molar-refractivity contribution in [3.8, 4) is 0 Å². The third-order valence-corrected chi connectivity index (χ3v) is 3.73. The zero-order valence-electron chi connectivity index (χ0n) is 11.5. The van der Waals surface area contributed by atoms with E-state index in [4.69, 9.17) is 0 Å². The molecule has 0 aliphatic rings. The summed E-state index contributed by atoms with van der Waals surface area (Å²) in [6, 6.07) is 8.66. The summed E-state index contributed by atoms with van der Waals surface area (Å²) in [7, 11) is 0. The van der Waals surface area contributed by atoms with E-state index in [-0.39, 0.29) is 5.54 Å². The molecule has 0 aliphatic heterocycles. The Hall–Kier alpha value is -0.470. The molecule has 0 atom stereocenters. The molecule has 0 saturated carbocycles. The molecule has 1 aromatic rings. The molecule has 0 bridgehead atoms. The Kier molecular flexibility index (Phi) is 6.07. The van der Waals surface area contributed by atoms with Gasteiger partial charge in [0.05, 0.1) is 0 Å². The number of hydrogen-bond donors (Lipinski definition) is 1. The van der Waals surface area contributed by atoms with Crippen LogP contribution in [0.3, 0.4) is 0 Å². The third kappa shape index (κ3) is 6.75. The second kappa shape index (κ2) is 7.07. The van der Waals surface area contributed by atoms with Gasteiger partial charge in [-0.3, -0.25) is 0 Å². The molecule has 1 nitrogen and oxygen atoms in total. The zero-order chi connectivity index (χ0) is 12.7. The molecule has 0 aliphatic carbocycles. The Morgan fingerprint density at radius 1 is 1.18 bits per heavy atom. The second-order valence-corrected chi connectivity index (χ2v) is 6.61. The summed E-state index contributed by atoms with van der Waals surface area (Å²) in [5, 5.41) is 3.52. The van der Waals surface area contributed by atoms with Gasteiger partial charge < -0.3 is 5.32 Å². The molecule has 0 saturated heterocycles. The van der Waals surface area contributed by atoms with E-state index < -0.39 is 0 Å². The van der Waals surface area contributed by atoms with E-state index in [0.717, 1.165) is 12.3 Å². The van der Waals surface area contributed by atoms with Crippen LogP contribution in [0.15, 0.2) is 24.3 Å². The summed E-state index contributed by atoms with van der Waals surface area (Å²) in [4.78, 5) is 0. The lowest BCUT2D eigenvalue weighted by atomic mass is 10.1. The van der Waals surface area contributed by atoms with Gasteiger partial charge in [0.25, 0.3) is 0 Å². The maximum Gasteiger partial charge on any atom is 0.0187 e. The highest BCUT2D eigenvalue weighted by Crippen LogP contribution is 2.16. The van der Waals surface area contributed by atoms with Crippen molar-refractivity contribution in [2.45, 2.75) is 45.4 Å². The lowest BCUT2D eigenvalue weighted by Gasteiger charge is -2.20. The van der Waals surface area contributed by atoms with Crippen molar-refractivity contribution in [1.82, 2.24) is 5.32 Å². The first-order valence-corrected chi connectivity index (χ1v) is 7.52. The summed E-state index contributed by atoms with van der Waals surface area (Å²) >= 11 is 2.03. The Balaban J connectivity index is 2.11. The first kappa shape index (κ1) is 14.6. The van der Waals surface area contributed by atoms with Gasteiger partial charge >= 0.3 is 0 Å². The van der Waals surface area contributed by atoms with Gasteiger partial charge in [0, 0.05) is 11.3 Å². The van der Waals surface area contributed by atoms with Gasteiger partial charge in [-0.15, -0.1) is 0 Å². The monoisotopic (exact) mass is 251 g/mol. The van der Waals surface area contributed by atoms with Gasteiger partial charge in [-0.05, 0) is 57.5 Å². The fraction of sp³-hybridized carbons (Fsp3) is 0.600. The molecule has 2 heteroatoms. The maximum absolute atomic E-state index is 3.52. The third-order valence-electron chi connectivity index (χ3n) is 2.64. The first-order valence-electron chi connectivity index (χ1n) is 6.36. The van der Waals surface area contributed by atoms with Gasteiger partial charge in [0.15, 0.2) is 0 Å². The standard InChI is InChI=1S/C15H25NS/c1-13-8-5-6-9-14(13)12-17-11-7-10-16-15(2,3)4/h5-6,8-9,16H,7,10-12H2,1-4H3. The summed E-state index contributed by atoms with van der Waals surface area (Å²) in [5.41, 5.74) is 3.13. The molecule has 1 aromatic carbocycles. The molecule has 0 spiro atoms. The zero-order valence-corrected chi connectivity index (χ0v) is 12.4. The maximum atomic E-state index is 3.52. The highest BCUT2D eigenvalue weighted by atomic mass is 32.2. The van der Waals surface area contributed by atoms with Gasteiger partial charge in [-0.2, -0.15) is 11.8 Å². The molecule has 0 unspecified atom stereocenters. The van der Waals surface area contributed by atoms with Crippen LogP contribution in [0.1, 0.15) is 38.3 Å². The molecule has 0 aromatic heterocycles. The van der Waals surface area contributed by atoms with E-state index in [1.807, 2.05) is 11.8 Å². The fourth-order valence-corrected chi connectivity index (χ4v) is 2.63. The van der Waals surface area contributed by atoms with Crippen LogP contribution in [0.25, 0.3) is 0 Å². The van der Waals surface area contributed by atoms with E-state index in [9.17, 15) is 0 Å². The average molecular weight is 251 g/mol. The minimum Gasteiger partial charge on any atom is -0.312 e. The number of hydrogen-bond acceptors (Lipinski definition) is 2. The molecule has 96 valence electrons. The minimum absolute atomic E-state index is 0.251. The Morgan fingerprint density at radius 3 is 2.53 bits per heavy atom. The van der Waals surface area contributed by atoms with Crippen molar-refractivity contribution in [3.05, 3.63) is 35.4 Å². The quantitative estimate of drug-likeness (QED) is 0.767. The number of aryl methyl sites for hydroxylation is 1. The Labute approximate surface area is 110 Å². The van der Waals surface area contributed by atoms with Crippen LogP contribution in [0.4, 0.5) is 0 Å². The van der Waals surface area contributed by atoms with Crippen molar-refractivity contribution in [2.75, 3.05) is 12.3 Å². The van der Waals surface area contributed by atoms with Crippen LogP contribution in [0.2, 0.25) is 0 Å². The SMILES string of the molecule is Cc1ccccc1CSCCCNC(C)(C)C. The van der Waals surface area contributed by atoms with Crippen LogP contribution in [0, 0.1) is 6.92 Å². The lowest BCUT2D eigenvalue weighted by molar-refractivity contribution is 0.427. The molecule has 17 heavy (non-hydrogen) atoms. The minimum atomic E-state index is 0.251. The molecule has 0 heterocycles. The van der Waals surface area contributed by atoms with Crippen molar-refractivity contribution in [3.63, 3.8) is 0 Å². The second-order valence-electron chi connectivity index (χ2n) is 5.51. The van der Waals surface area contributed by atoms with Crippen molar-refractivity contribution in [1.29, 1.82) is 0 Å². The summed E-state index contributed by atoms with van der Waals surface area (Å²) in [6.07, 6.45) is 1.24.